The second-order valence-corrected chi connectivity index (χ2v) is 7.97. The predicted octanol–water partition coefficient (Wildman–Crippen LogP) is 2.58. The van der Waals surface area contributed by atoms with Crippen molar-refractivity contribution in [2.24, 2.45) is 5.92 Å². The molecule has 1 saturated carbocycles. The van der Waals surface area contributed by atoms with Gasteiger partial charge in [0.05, 0.1) is 23.8 Å². The maximum absolute atomic E-state index is 14.3. The number of hydrogen-bond acceptors (Lipinski definition) is 6. The molecule has 2 atom stereocenters. The van der Waals surface area contributed by atoms with Crippen LogP contribution in [-0.2, 0) is 6.42 Å². The molecule has 8 nitrogen and oxygen atoms in total. The Morgan fingerprint density at radius 3 is 2.80 bits per heavy atom. The quantitative estimate of drug-likeness (QED) is 0.542. The van der Waals surface area contributed by atoms with Crippen LogP contribution in [0.5, 0.6) is 0 Å². The summed E-state index contributed by atoms with van der Waals surface area (Å²) in [5.74, 6) is 0.537. The molecule has 1 aliphatic heterocycles. The van der Waals surface area contributed by atoms with Crippen LogP contribution in [-0.4, -0.2) is 41.2 Å². The molecule has 1 unspecified atom stereocenters. The number of aromatic nitrogens is 6. The third kappa shape index (κ3) is 2.77. The number of anilines is 1. The number of aromatic amines is 1. The lowest BCUT2D eigenvalue weighted by molar-refractivity contribution is 0.153. The number of pyridine rings is 1. The number of halogens is 1. The number of H-pyrrole nitrogens is 1. The van der Waals surface area contributed by atoms with E-state index in [1.165, 1.54) is 6.07 Å². The standard InChI is InChI=1S/C21H20FN7O/c22-14-2-1-6-29-17(14)8-16(27-29)19-18-15(25-11-26-18)5-7-28(19)21-23-9-13(10-24-21)20(30)12-3-4-12/h1-2,6,8-12,19-20,30H,3-5,7H2,(H,25,26)/t19-,20?/m0/s1. The average molecular weight is 405 g/mol. The van der Waals surface area contributed by atoms with Gasteiger partial charge in [0, 0.05) is 42.8 Å². The highest BCUT2D eigenvalue weighted by Crippen LogP contribution is 2.41. The molecule has 0 amide bonds. The van der Waals surface area contributed by atoms with Crippen LogP contribution >= 0.6 is 0 Å². The fourth-order valence-corrected chi connectivity index (χ4v) is 4.24. The number of imidazole rings is 1. The number of nitrogens with zero attached hydrogens (tertiary/aromatic N) is 6. The molecule has 0 saturated heterocycles. The highest BCUT2D eigenvalue weighted by molar-refractivity contribution is 5.53. The van der Waals surface area contributed by atoms with Gasteiger partial charge in [-0.1, -0.05) is 0 Å². The van der Waals surface area contributed by atoms with Crippen molar-refractivity contribution >= 4 is 11.5 Å². The molecule has 0 aromatic carbocycles. The molecule has 30 heavy (non-hydrogen) atoms. The van der Waals surface area contributed by atoms with Crippen LogP contribution in [0, 0.1) is 11.7 Å². The molecule has 6 rings (SSSR count). The van der Waals surface area contributed by atoms with Gasteiger partial charge in [0.25, 0.3) is 0 Å². The Balaban J connectivity index is 1.42. The minimum Gasteiger partial charge on any atom is -0.388 e. The van der Waals surface area contributed by atoms with Gasteiger partial charge in [0.1, 0.15) is 17.4 Å². The molecule has 0 radical (unpaired) electrons. The number of hydrogen-bond donors (Lipinski definition) is 2. The van der Waals surface area contributed by atoms with Crippen molar-refractivity contribution in [3.05, 3.63) is 71.6 Å². The zero-order chi connectivity index (χ0) is 20.2. The fourth-order valence-electron chi connectivity index (χ4n) is 4.24. The Kier molecular flexibility index (Phi) is 3.85. The lowest BCUT2D eigenvalue weighted by atomic mass is 10.00. The topological polar surface area (TPSA) is 95.2 Å². The summed E-state index contributed by atoms with van der Waals surface area (Å²) in [6.07, 6.45) is 9.16. The first-order valence-electron chi connectivity index (χ1n) is 10.1. The molecule has 0 bridgehead atoms. The summed E-state index contributed by atoms with van der Waals surface area (Å²) in [7, 11) is 0. The Bertz CT molecular complexity index is 1210. The SMILES string of the molecule is OC(c1cnc(N2CCc3[nH]cnc3[C@@H]2c2cc3c(F)cccn3n2)nc1)C1CC1. The molecule has 5 heterocycles. The van der Waals surface area contributed by atoms with Gasteiger partial charge in [-0.25, -0.2) is 23.9 Å². The minimum atomic E-state index is -0.504. The highest BCUT2D eigenvalue weighted by atomic mass is 19.1. The number of fused-ring (bicyclic) bond motifs is 2. The van der Waals surface area contributed by atoms with E-state index in [9.17, 15) is 9.50 Å². The Morgan fingerprint density at radius 2 is 2.03 bits per heavy atom. The summed E-state index contributed by atoms with van der Waals surface area (Å²) < 4.78 is 15.8. The molecule has 2 aliphatic rings. The van der Waals surface area contributed by atoms with Crippen LogP contribution in [0.2, 0.25) is 0 Å². The Morgan fingerprint density at radius 1 is 1.20 bits per heavy atom. The fraction of sp³-hybridized carbons (Fsp3) is 0.333. The van der Waals surface area contributed by atoms with E-state index in [1.54, 1.807) is 41.6 Å². The minimum absolute atomic E-state index is 0.321. The second-order valence-electron chi connectivity index (χ2n) is 7.97. The third-order valence-corrected chi connectivity index (χ3v) is 6.00. The summed E-state index contributed by atoms with van der Waals surface area (Å²) in [6, 6.07) is 4.47. The van der Waals surface area contributed by atoms with Crippen molar-refractivity contribution in [3.63, 3.8) is 0 Å². The van der Waals surface area contributed by atoms with E-state index in [4.69, 9.17) is 0 Å². The molecule has 4 aromatic rings. The molecule has 9 heteroatoms. The summed E-state index contributed by atoms with van der Waals surface area (Å²) in [6.45, 7) is 0.667. The maximum Gasteiger partial charge on any atom is 0.226 e. The molecule has 2 N–H and O–H groups in total. The van der Waals surface area contributed by atoms with Crippen molar-refractivity contribution in [1.29, 1.82) is 0 Å². The van der Waals surface area contributed by atoms with E-state index in [1.807, 2.05) is 4.90 Å². The summed E-state index contributed by atoms with van der Waals surface area (Å²) in [5.41, 5.74) is 3.72. The number of aliphatic hydroxyl groups is 1. The molecule has 0 spiro atoms. The molecular weight excluding hydrogens is 385 g/mol. The second kappa shape index (κ2) is 6.60. The van der Waals surface area contributed by atoms with Crippen LogP contribution in [0.15, 0.2) is 43.1 Å². The monoisotopic (exact) mass is 405 g/mol. The van der Waals surface area contributed by atoms with Gasteiger partial charge < -0.3 is 15.0 Å². The normalized spacial score (nSPS) is 19.8. The molecule has 152 valence electrons. The lowest BCUT2D eigenvalue weighted by Gasteiger charge is -2.34. The van der Waals surface area contributed by atoms with E-state index in [0.717, 1.165) is 36.2 Å². The average Bonchev–Trinajstić information content (AvgIpc) is 3.34. The van der Waals surface area contributed by atoms with Gasteiger partial charge in [-0.05, 0) is 37.0 Å². The zero-order valence-corrected chi connectivity index (χ0v) is 16.1. The van der Waals surface area contributed by atoms with Crippen LogP contribution in [0.4, 0.5) is 10.3 Å². The number of rotatable bonds is 4. The van der Waals surface area contributed by atoms with Crippen molar-refractivity contribution in [1.82, 2.24) is 29.5 Å². The van der Waals surface area contributed by atoms with Crippen LogP contribution < -0.4 is 4.90 Å². The maximum atomic E-state index is 14.3. The van der Waals surface area contributed by atoms with E-state index < -0.39 is 6.10 Å². The molecular formula is C21H20FN7O. The van der Waals surface area contributed by atoms with Gasteiger partial charge in [0.2, 0.25) is 5.95 Å². The number of nitrogens with one attached hydrogen (secondary N) is 1. The van der Waals surface area contributed by atoms with Crippen molar-refractivity contribution < 1.29 is 9.50 Å². The van der Waals surface area contributed by atoms with Gasteiger partial charge in [-0.3, -0.25) is 0 Å². The van der Waals surface area contributed by atoms with Gasteiger partial charge in [0.15, 0.2) is 0 Å². The van der Waals surface area contributed by atoms with Crippen molar-refractivity contribution in [2.45, 2.75) is 31.4 Å². The van der Waals surface area contributed by atoms with Gasteiger partial charge >= 0.3 is 0 Å². The predicted molar refractivity (Wildman–Crippen MR) is 106 cm³/mol. The van der Waals surface area contributed by atoms with Crippen molar-refractivity contribution in [2.75, 3.05) is 11.4 Å². The lowest BCUT2D eigenvalue weighted by Crippen LogP contribution is -2.37. The first-order chi connectivity index (χ1) is 14.7. The summed E-state index contributed by atoms with van der Waals surface area (Å²) in [5, 5.41) is 15.0. The highest BCUT2D eigenvalue weighted by Gasteiger charge is 2.35. The van der Waals surface area contributed by atoms with Crippen LogP contribution in [0.3, 0.4) is 0 Å². The van der Waals surface area contributed by atoms with E-state index >= 15 is 0 Å². The Labute approximate surface area is 171 Å². The summed E-state index contributed by atoms with van der Waals surface area (Å²) in [4.78, 5) is 18.9. The van der Waals surface area contributed by atoms with E-state index in [-0.39, 0.29) is 11.9 Å². The molecule has 1 aliphatic carbocycles. The van der Waals surface area contributed by atoms with Gasteiger partial charge in [-0.2, -0.15) is 5.10 Å². The Hall–Kier alpha value is -3.33. The third-order valence-electron chi connectivity index (χ3n) is 6.00. The van der Waals surface area contributed by atoms with Crippen LogP contribution in [0.1, 0.15) is 47.6 Å². The van der Waals surface area contributed by atoms with Crippen LogP contribution in [0.25, 0.3) is 5.52 Å². The molecule has 4 aromatic heterocycles. The van der Waals surface area contributed by atoms with E-state index in [2.05, 4.69) is 25.0 Å². The largest absolute Gasteiger partial charge is 0.388 e. The first kappa shape index (κ1) is 17.5. The zero-order valence-electron chi connectivity index (χ0n) is 16.1. The first-order valence-corrected chi connectivity index (χ1v) is 10.1. The van der Waals surface area contributed by atoms with Gasteiger partial charge in [-0.15, -0.1) is 0 Å². The summed E-state index contributed by atoms with van der Waals surface area (Å²) >= 11 is 0. The molecule has 1 fully saturated rings. The smallest absolute Gasteiger partial charge is 0.226 e. The van der Waals surface area contributed by atoms with E-state index in [0.29, 0.717) is 29.6 Å². The van der Waals surface area contributed by atoms with Crippen molar-refractivity contribution in [3.8, 4) is 0 Å². The number of aliphatic hydroxyl groups excluding tert-OH is 1.